The number of nitrogens with one attached hydrogen (secondary N) is 1. The fourth-order valence-electron chi connectivity index (χ4n) is 1.66. The molecule has 2 aromatic rings. The normalized spacial score (nSPS) is 11.2. The van der Waals surface area contributed by atoms with E-state index in [0.717, 1.165) is 12.1 Å². The Morgan fingerprint density at radius 1 is 1.14 bits per heavy atom. The maximum Gasteiger partial charge on any atom is 0.416 e. The van der Waals surface area contributed by atoms with Crippen molar-refractivity contribution >= 4 is 21.8 Å². The Morgan fingerprint density at radius 3 is 2.48 bits per heavy atom. The number of ether oxygens (including phenoxy) is 1. The minimum atomic E-state index is -4.44. The summed E-state index contributed by atoms with van der Waals surface area (Å²) in [5.74, 6) is -0.00190. The van der Waals surface area contributed by atoms with Gasteiger partial charge in [0.1, 0.15) is 17.3 Å². The van der Waals surface area contributed by atoms with Gasteiger partial charge in [0.15, 0.2) is 0 Å². The Morgan fingerprint density at radius 2 is 1.86 bits per heavy atom. The van der Waals surface area contributed by atoms with Crippen molar-refractivity contribution in [1.82, 2.24) is 0 Å². The number of halogens is 4. The molecule has 0 radical (unpaired) electrons. The largest absolute Gasteiger partial charge is 0.457 e. The molecule has 0 heterocycles. The second-order valence-corrected chi connectivity index (χ2v) is 5.10. The van der Waals surface area contributed by atoms with E-state index in [1.54, 1.807) is 12.1 Å². The molecule has 0 saturated carbocycles. The molecule has 0 amide bonds. The minimum Gasteiger partial charge on any atom is -0.457 e. The fourth-order valence-corrected chi connectivity index (χ4v) is 2.03. The number of amidine groups is 1. The van der Waals surface area contributed by atoms with Crippen LogP contribution in [0.3, 0.4) is 0 Å². The van der Waals surface area contributed by atoms with E-state index in [1.165, 1.54) is 18.2 Å². The van der Waals surface area contributed by atoms with Gasteiger partial charge < -0.3 is 10.5 Å². The van der Waals surface area contributed by atoms with Crippen LogP contribution in [0.25, 0.3) is 0 Å². The monoisotopic (exact) mass is 358 g/mol. The Kier molecular flexibility index (Phi) is 4.22. The first-order chi connectivity index (χ1) is 9.77. The highest BCUT2D eigenvalue weighted by Crippen LogP contribution is 2.33. The van der Waals surface area contributed by atoms with Crippen LogP contribution in [0, 0.1) is 5.41 Å². The van der Waals surface area contributed by atoms with E-state index >= 15 is 0 Å². The molecule has 0 aliphatic rings. The lowest BCUT2D eigenvalue weighted by molar-refractivity contribution is -0.137. The summed E-state index contributed by atoms with van der Waals surface area (Å²) >= 11 is 3.23. The van der Waals surface area contributed by atoms with Gasteiger partial charge in [-0.25, -0.2) is 0 Å². The molecule has 0 aliphatic carbocycles. The number of rotatable bonds is 3. The van der Waals surface area contributed by atoms with E-state index in [4.69, 9.17) is 15.9 Å². The summed E-state index contributed by atoms with van der Waals surface area (Å²) in [5.41, 5.74) is 4.93. The van der Waals surface area contributed by atoms with Crippen molar-refractivity contribution in [2.75, 3.05) is 0 Å². The molecule has 0 bridgehead atoms. The van der Waals surface area contributed by atoms with Crippen LogP contribution >= 0.6 is 15.9 Å². The summed E-state index contributed by atoms with van der Waals surface area (Å²) in [6.45, 7) is 0. The molecule has 0 saturated heterocycles. The number of hydrogen-bond donors (Lipinski definition) is 2. The van der Waals surface area contributed by atoms with Crippen LogP contribution in [0.5, 0.6) is 11.5 Å². The number of benzene rings is 2. The summed E-state index contributed by atoms with van der Waals surface area (Å²) in [5, 5.41) is 7.48. The molecule has 0 aromatic heterocycles. The van der Waals surface area contributed by atoms with Crippen LogP contribution in [-0.2, 0) is 6.18 Å². The molecule has 0 aliphatic heterocycles. The molecule has 0 fully saturated rings. The number of hydrogen-bond acceptors (Lipinski definition) is 2. The second kappa shape index (κ2) is 5.77. The molecule has 0 atom stereocenters. The zero-order valence-electron chi connectivity index (χ0n) is 10.5. The van der Waals surface area contributed by atoms with Crippen LogP contribution in [0.4, 0.5) is 13.2 Å². The maximum absolute atomic E-state index is 12.7. The standard InChI is InChI=1S/C14H10BrF3N2O/c15-9-4-5-12(11(7-9)13(19)20)21-10-3-1-2-8(6-10)14(16,17)18/h1-7H,(H3,19,20). The minimum absolute atomic E-state index is 0.0228. The summed E-state index contributed by atoms with van der Waals surface area (Å²) in [4.78, 5) is 0. The first kappa shape index (κ1) is 15.4. The number of nitrogens with two attached hydrogens (primary N) is 1. The number of nitrogen functional groups attached to an aromatic ring is 1. The predicted octanol–water partition coefficient (Wildman–Crippen LogP) is 4.54. The van der Waals surface area contributed by atoms with Crippen molar-refractivity contribution in [2.45, 2.75) is 6.18 Å². The van der Waals surface area contributed by atoms with Gasteiger partial charge in [0.05, 0.1) is 11.1 Å². The van der Waals surface area contributed by atoms with E-state index < -0.39 is 11.7 Å². The zero-order chi connectivity index (χ0) is 15.6. The summed E-state index contributed by atoms with van der Waals surface area (Å²) in [7, 11) is 0. The van der Waals surface area contributed by atoms with E-state index in [9.17, 15) is 13.2 Å². The van der Waals surface area contributed by atoms with Crippen molar-refractivity contribution in [3.8, 4) is 11.5 Å². The second-order valence-electron chi connectivity index (χ2n) is 4.18. The SMILES string of the molecule is N=C(N)c1cc(Br)ccc1Oc1cccc(C(F)(F)F)c1. The van der Waals surface area contributed by atoms with E-state index in [0.29, 0.717) is 10.0 Å². The molecule has 110 valence electrons. The lowest BCUT2D eigenvalue weighted by Crippen LogP contribution is -2.12. The van der Waals surface area contributed by atoms with Gasteiger partial charge >= 0.3 is 6.18 Å². The fraction of sp³-hybridized carbons (Fsp3) is 0.0714. The summed E-state index contributed by atoms with van der Waals surface area (Å²) < 4.78 is 44.1. The molecule has 3 N–H and O–H groups in total. The van der Waals surface area contributed by atoms with Crippen LogP contribution in [0.15, 0.2) is 46.9 Å². The van der Waals surface area contributed by atoms with Gasteiger partial charge in [-0.05, 0) is 36.4 Å². The molecular formula is C14H10BrF3N2O. The van der Waals surface area contributed by atoms with Gasteiger partial charge in [0.2, 0.25) is 0 Å². The van der Waals surface area contributed by atoms with Crippen LogP contribution in [-0.4, -0.2) is 5.84 Å². The molecular weight excluding hydrogens is 349 g/mol. The van der Waals surface area contributed by atoms with Crippen LogP contribution < -0.4 is 10.5 Å². The first-order valence-corrected chi connectivity index (χ1v) is 6.56. The lowest BCUT2D eigenvalue weighted by atomic mass is 10.1. The van der Waals surface area contributed by atoms with Gasteiger partial charge in [-0.1, -0.05) is 22.0 Å². The van der Waals surface area contributed by atoms with Gasteiger partial charge in [0, 0.05) is 4.47 Å². The molecule has 7 heteroatoms. The summed E-state index contributed by atoms with van der Waals surface area (Å²) in [6.07, 6.45) is -4.44. The highest BCUT2D eigenvalue weighted by molar-refractivity contribution is 9.10. The van der Waals surface area contributed by atoms with Gasteiger partial charge in [-0.15, -0.1) is 0 Å². The van der Waals surface area contributed by atoms with Crippen molar-refractivity contribution < 1.29 is 17.9 Å². The molecule has 0 spiro atoms. The van der Waals surface area contributed by atoms with E-state index in [-0.39, 0.29) is 17.3 Å². The third-order valence-corrected chi connectivity index (χ3v) is 3.11. The first-order valence-electron chi connectivity index (χ1n) is 5.76. The average Bonchev–Trinajstić information content (AvgIpc) is 2.40. The highest BCUT2D eigenvalue weighted by atomic mass is 79.9. The topological polar surface area (TPSA) is 59.1 Å². The Labute approximate surface area is 127 Å². The molecule has 2 aromatic carbocycles. The third kappa shape index (κ3) is 3.75. The van der Waals surface area contributed by atoms with Gasteiger partial charge in [-0.2, -0.15) is 13.2 Å². The lowest BCUT2D eigenvalue weighted by Gasteiger charge is -2.12. The van der Waals surface area contributed by atoms with Crippen LogP contribution in [0.1, 0.15) is 11.1 Å². The Bertz CT molecular complexity index is 686. The van der Waals surface area contributed by atoms with Gasteiger partial charge in [0.25, 0.3) is 0 Å². The number of alkyl halides is 3. The van der Waals surface area contributed by atoms with Crippen molar-refractivity contribution in [1.29, 1.82) is 5.41 Å². The Hall–Kier alpha value is -2.02. The van der Waals surface area contributed by atoms with Crippen molar-refractivity contribution in [2.24, 2.45) is 5.73 Å². The summed E-state index contributed by atoms with van der Waals surface area (Å²) in [6, 6.07) is 9.25. The highest BCUT2D eigenvalue weighted by Gasteiger charge is 2.30. The molecule has 0 unspecified atom stereocenters. The molecule has 3 nitrogen and oxygen atoms in total. The maximum atomic E-state index is 12.7. The molecule has 2 rings (SSSR count). The zero-order valence-corrected chi connectivity index (χ0v) is 12.1. The smallest absolute Gasteiger partial charge is 0.416 e. The van der Waals surface area contributed by atoms with E-state index in [1.807, 2.05) is 0 Å². The third-order valence-electron chi connectivity index (χ3n) is 2.62. The molecule has 21 heavy (non-hydrogen) atoms. The van der Waals surface area contributed by atoms with Crippen molar-refractivity contribution in [3.05, 3.63) is 58.1 Å². The Balaban J connectivity index is 2.37. The average molecular weight is 359 g/mol. The van der Waals surface area contributed by atoms with Gasteiger partial charge in [-0.3, -0.25) is 5.41 Å². The predicted molar refractivity (Wildman–Crippen MR) is 76.7 cm³/mol. The van der Waals surface area contributed by atoms with Crippen molar-refractivity contribution in [3.63, 3.8) is 0 Å². The van der Waals surface area contributed by atoms with Crippen LogP contribution in [0.2, 0.25) is 0 Å². The van der Waals surface area contributed by atoms with E-state index in [2.05, 4.69) is 15.9 Å². The quantitative estimate of drug-likeness (QED) is 0.624.